The van der Waals surface area contributed by atoms with Crippen molar-refractivity contribution in [2.45, 2.75) is 132 Å². The highest BCUT2D eigenvalue weighted by Crippen LogP contribution is 2.50. The fraction of sp³-hybridized carbons (Fsp3) is 1.00. The van der Waals surface area contributed by atoms with Gasteiger partial charge in [-0.1, -0.05) is 93.9 Å². The fourth-order valence-corrected chi connectivity index (χ4v) is 7.51. The van der Waals surface area contributed by atoms with Crippen molar-refractivity contribution in [1.82, 2.24) is 5.32 Å². The molecular weight excluding hydrogens is 362 g/mol. The third-order valence-corrected chi connectivity index (χ3v) is 9.94. The zero-order chi connectivity index (χ0) is 22.3. The second kappa shape index (κ2) is 12.3. The molecule has 0 aliphatic heterocycles. The molecule has 178 valence electrons. The van der Waals surface area contributed by atoms with Gasteiger partial charge in [-0.25, -0.2) is 0 Å². The summed E-state index contributed by atoms with van der Waals surface area (Å²) >= 11 is 0. The molecule has 0 aromatic heterocycles. The molecule has 6 unspecified atom stereocenters. The maximum Gasteiger partial charge on any atom is 0.00956 e. The number of hydrogen-bond donors (Lipinski definition) is 1. The quantitative estimate of drug-likeness (QED) is 0.280. The molecule has 2 saturated carbocycles. The van der Waals surface area contributed by atoms with Crippen LogP contribution in [0.25, 0.3) is 0 Å². The van der Waals surface area contributed by atoms with E-state index in [2.05, 4.69) is 60.7 Å². The van der Waals surface area contributed by atoms with Gasteiger partial charge in [-0.2, -0.15) is 0 Å². The maximum absolute atomic E-state index is 4.15. The van der Waals surface area contributed by atoms with Gasteiger partial charge in [0, 0.05) is 6.04 Å². The average molecular weight is 420 g/mol. The van der Waals surface area contributed by atoms with Crippen molar-refractivity contribution in [2.75, 3.05) is 6.54 Å². The normalized spacial score (nSPS) is 29.9. The summed E-state index contributed by atoms with van der Waals surface area (Å²) in [7, 11) is 0. The SMILES string of the molecule is CCC1CC1[C@@H](C)C(CC)CNC1CCCC1CC(CC)(CC)C(CC)CC(C)C. The second-order valence-electron chi connectivity index (χ2n) is 11.8. The first-order valence-electron chi connectivity index (χ1n) is 14.1. The van der Waals surface area contributed by atoms with Gasteiger partial charge >= 0.3 is 0 Å². The minimum absolute atomic E-state index is 0.563. The van der Waals surface area contributed by atoms with Crippen molar-refractivity contribution in [3.63, 3.8) is 0 Å². The van der Waals surface area contributed by atoms with Crippen LogP contribution in [0.4, 0.5) is 0 Å². The van der Waals surface area contributed by atoms with Gasteiger partial charge in [0.2, 0.25) is 0 Å². The molecule has 0 bridgehead atoms. The highest BCUT2D eigenvalue weighted by atomic mass is 14.9. The molecule has 30 heavy (non-hydrogen) atoms. The zero-order valence-electron chi connectivity index (χ0n) is 22.1. The average Bonchev–Trinajstić information content (AvgIpc) is 3.42. The summed E-state index contributed by atoms with van der Waals surface area (Å²) in [5, 5.41) is 4.15. The van der Waals surface area contributed by atoms with Crippen molar-refractivity contribution < 1.29 is 0 Å². The number of rotatable bonds is 15. The van der Waals surface area contributed by atoms with Crippen LogP contribution < -0.4 is 5.32 Å². The van der Waals surface area contributed by atoms with E-state index in [0.717, 1.165) is 47.5 Å². The Labute approximate surface area is 190 Å². The van der Waals surface area contributed by atoms with Crippen LogP contribution >= 0.6 is 0 Å². The van der Waals surface area contributed by atoms with Crippen LogP contribution in [0.3, 0.4) is 0 Å². The third kappa shape index (κ3) is 6.49. The lowest BCUT2D eigenvalue weighted by atomic mass is 9.63. The standard InChI is InChI=1S/C29H57N/c1-9-23-18-27(23)22(8)24(10-2)20-30-28-16-14-15-25(28)19-29(12-4,13-5)26(11-3)17-21(6)7/h21-28,30H,9-20H2,1-8H3/t22-,23?,24?,25?,26?,27?,28?/m0/s1. The molecule has 0 radical (unpaired) electrons. The van der Waals surface area contributed by atoms with E-state index in [0.29, 0.717) is 5.41 Å². The van der Waals surface area contributed by atoms with Gasteiger partial charge in [-0.05, 0) is 85.5 Å². The van der Waals surface area contributed by atoms with Crippen LogP contribution in [0.1, 0.15) is 126 Å². The van der Waals surface area contributed by atoms with E-state index in [9.17, 15) is 0 Å². The summed E-state index contributed by atoms with van der Waals surface area (Å²) in [5.41, 5.74) is 0.563. The Hall–Kier alpha value is -0.0400. The van der Waals surface area contributed by atoms with E-state index in [1.54, 1.807) is 0 Å². The first-order chi connectivity index (χ1) is 14.3. The van der Waals surface area contributed by atoms with Crippen LogP contribution in [0, 0.1) is 46.8 Å². The minimum atomic E-state index is 0.563. The van der Waals surface area contributed by atoms with E-state index in [1.165, 1.54) is 77.2 Å². The van der Waals surface area contributed by atoms with E-state index in [-0.39, 0.29) is 0 Å². The maximum atomic E-state index is 4.15. The van der Waals surface area contributed by atoms with Gasteiger partial charge < -0.3 is 5.32 Å². The molecule has 0 heterocycles. The van der Waals surface area contributed by atoms with Crippen molar-refractivity contribution >= 4 is 0 Å². The zero-order valence-corrected chi connectivity index (χ0v) is 22.1. The van der Waals surface area contributed by atoms with Crippen LogP contribution in [-0.4, -0.2) is 12.6 Å². The van der Waals surface area contributed by atoms with Gasteiger partial charge in [0.05, 0.1) is 0 Å². The molecule has 2 aliphatic rings. The number of hydrogen-bond acceptors (Lipinski definition) is 1. The summed E-state index contributed by atoms with van der Waals surface area (Å²) in [6, 6.07) is 0.779. The van der Waals surface area contributed by atoms with Crippen molar-refractivity contribution in [1.29, 1.82) is 0 Å². The van der Waals surface area contributed by atoms with Crippen LogP contribution in [0.2, 0.25) is 0 Å². The lowest BCUT2D eigenvalue weighted by Crippen LogP contribution is -2.41. The van der Waals surface area contributed by atoms with Gasteiger partial charge in [-0.15, -0.1) is 0 Å². The molecule has 0 aromatic rings. The Balaban J connectivity index is 1.97. The smallest absolute Gasteiger partial charge is 0.00956 e. The molecule has 1 nitrogen and oxygen atoms in total. The van der Waals surface area contributed by atoms with E-state index < -0.39 is 0 Å². The highest BCUT2D eigenvalue weighted by molar-refractivity contribution is 4.94. The first kappa shape index (κ1) is 26.2. The lowest BCUT2D eigenvalue weighted by molar-refractivity contribution is 0.0746. The molecular formula is C29H57N. The first-order valence-corrected chi connectivity index (χ1v) is 14.1. The van der Waals surface area contributed by atoms with Gasteiger partial charge in [-0.3, -0.25) is 0 Å². The molecule has 0 aromatic carbocycles. The minimum Gasteiger partial charge on any atom is -0.313 e. The summed E-state index contributed by atoms with van der Waals surface area (Å²) in [4.78, 5) is 0. The molecule has 1 heteroatoms. The molecule has 2 fully saturated rings. The van der Waals surface area contributed by atoms with Gasteiger partial charge in [0.15, 0.2) is 0 Å². The molecule has 0 amide bonds. The molecule has 7 atom stereocenters. The van der Waals surface area contributed by atoms with Gasteiger partial charge in [0.1, 0.15) is 0 Å². The van der Waals surface area contributed by atoms with Crippen molar-refractivity contribution in [3.05, 3.63) is 0 Å². The topological polar surface area (TPSA) is 12.0 Å². The second-order valence-corrected chi connectivity index (χ2v) is 11.8. The summed E-state index contributed by atoms with van der Waals surface area (Å²) in [5.74, 6) is 6.48. The van der Waals surface area contributed by atoms with Crippen molar-refractivity contribution in [3.8, 4) is 0 Å². The van der Waals surface area contributed by atoms with Crippen molar-refractivity contribution in [2.24, 2.45) is 46.8 Å². The predicted molar refractivity (Wildman–Crippen MR) is 135 cm³/mol. The Morgan fingerprint density at radius 3 is 2.10 bits per heavy atom. The Morgan fingerprint density at radius 1 is 0.900 bits per heavy atom. The number of nitrogens with one attached hydrogen (secondary N) is 1. The third-order valence-electron chi connectivity index (χ3n) is 9.94. The molecule has 1 N–H and O–H groups in total. The monoisotopic (exact) mass is 419 g/mol. The Kier molecular flexibility index (Phi) is 10.7. The Morgan fingerprint density at radius 2 is 1.60 bits per heavy atom. The van der Waals surface area contributed by atoms with E-state index >= 15 is 0 Å². The largest absolute Gasteiger partial charge is 0.313 e. The Bertz CT molecular complexity index is 465. The molecule has 2 rings (SSSR count). The van der Waals surface area contributed by atoms with E-state index in [4.69, 9.17) is 0 Å². The van der Waals surface area contributed by atoms with Crippen LogP contribution in [-0.2, 0) is 0 Å². The van der Waals surface area contributed by atoms with E-state index in [1.807, 2.05) is 0 Å². The summed E-state index contributed by atoms with van der Waals surface area (Å²) in [6.07, 6.45) is 15.6. The lowest BCUT2D eigenvalue weighted by Gasteiger charge is -2.43. The summed E-state index contributed by atoms with van der Waals surface area (Å²) in [6.45, 7) is 20.9. The predicted octanol–water partition coefficient (Wildman–Crippen LogP) is 8.72. The molecule has 0 saturated heterocycles. The van der Waals surface area contributed by atoms with Gasteiger partial charge in [0.25, 0.3) is 0 Å². The molecule has 2 aliphatic carbocycles. The van der Waals surface area contributed by atoms with Crippen LogP contribution in [0.5, 0.6) is 0 Å². The fourth-order valence-electron chi connectivity index (χ4n) is 7.51. The molecule has 0 spiro atoms. The highest BCUT2D eigenvalue weighted by Gasteiger charge is 2.43. The van der Waals surface area contributed by atoms with Crippen LogP contribution in [0.15, 0.2) is 0 Å². The summed E-state index contributed by atoms with van der Waals surface area (Å²) < 4.78 is 0.